The summed E-state index contributed by atoms with van der Waals surface area (Å²) < 4.78 is 0. The number of halogens is 2. The number of benzene rings is 1. The Bertz CT molecular complexity index is 509. The van der Waals surface area contributed by atoms with Gasteiger partial charge in [0.2, 0.25) is 0 Å². The third kappa shape index (κ3) is 6.33. The lowest BCUT2D eigenvalue weighted by Crippen LogP contribution is -2.87. The van der Waals surface area contributed by atoms with Crippen molar-refractivity contribution in [1.82, 2.24) is 10.6 Å². The summed E-state index contributed by atoms with van der Waals surface area (Å²) in [6.45, 7) is 4.55. The summed E-state index contributed by atoms with van der Waals surface area (Å²) in [5.74, 6) is -0.347. The maximum atomic E-state index is 11.6. The number of hydrogen-bond donors (Lipinski definition) is 3. The van der Waals surface area contributed by atoms with Crippen LogP contribution >= 0.6 is 23.2 Å². The van der Waals surface area contributed by atoms with E-state index in [0.29, 0.717) is 16.6 Å². The fraction of sp³-hybridized carbons (Fsp3) is 0.429. The maximum Gasteiger partial charge on any atom is 0.321 e. The van der Waals surface area contributed by atoms with Gasteiger partial charge in [0.25, 0.3) is 5.91 Å². The Balaban J connectivity index is 2.43. The van der Waals surface area contributed by atoms with Gasteiger partial charge in [0.05, 0.1) is 5.02 Å². The van der Waals surface area contributed by atoms with E-state index >= 15 is 0 Å². The van der Waals surface area contributed by atoms with Crippen LogP contribution in [0.15, 0.2) is 18.2 Å². The van der Waals surface area contributed by atoms with Gasteiger partial charge in [0.15, 0.2) is 6.54 Å². The first-order valence-electron chi connectivity index (χ1n) is 6.80. The lowest BCUT2D eigenvalue weighted by atomic mass is 10.1. The van der Waals surface area contributed by atoms with E-state index in [4.69, 9.17) is 23.2 Å². The molecule has 1 aromatic carbocycles. The van der Waals surface area contributed by atoms with Crippen molar-refractivity contribution in [2.45, 2.75) is 26.3 Å². The zero-order valence-corrected chi connectivity index (χ0v) is 13.6. The quantitative estimate of drug-likeness (QED) is 0.743. The van der Waals surface area contributed by atoms with Gasteiger partial charge >= 0.3 is 6.03 Å². The average Bonchev–Trinajstić information content (AvgIpc) is 2.42. The van der Waals surface area contributed by atoms with E-state index in [1.165, 1.54) is 0 Å². The lowest BCUT2D eigenvalue weighted by Gasteiger charge is -2.12. The van der Waals surface area contributed by atoms with Gasteiger partial charge in [-0.2, -0.15) is 0 Å². The molecule has 0 unspecified atom stereocenters. The van der Waals surface area contributed by atoms with E-state index < -0.39 is 6.03 Å². The van der Waals surface area contributed by atoms with E-state index in [2.05, 4.69) is 10.6 Å². The van der Waals surface area contributed by atoms with Crippen LogP contribution in [0.2, 0.25) is 10.0 Å². The van der Waals surface area contributed by atoms with Crippen LogP contribution < -0.4 is 16.0 Å². The molecule has 0 aliphatic carbocycles. The Morgan fingerprint density at radius 1 is 1.33 bits per heavy atom. The van der Waals surface area contributed by atoms with Crippen molar-refractivity contribution in [3.63, 3.8) is 0 Å². The summed E-state index contributed by atoms with van der Waals surface area (Å²) in [7, 11) is 0. The molecule has 0 radical (unpaired) electrons. The van der Waals surface area contributed by atoms with Crippen molar-refractivity contribution in [3.05, 3.63) is 33.8 Å². The fourth-order valence-electron chi connectivity index (χ4n) is 1.74. The second-order valence-electron chi connectivity index (χ2n) is 4.70. The number of carbonyl (C=O) groups excluding carboxylic acids is 2. The molecule has 1 rings (SSSR count). The molecule has 5 nitrogen and oxygen atoms in total. The Morgan fingerprint density at radius 2 is 2.05 bits per heavy atom. The normalized spacial score (nSPS) is 11.8. The van der Waals surface area contributed by atoms with Crippen LogP contribution in [-0.2, 0) is 4.79 Å². The van der Waals surface area contributed by atoms with Crippen LogP contribution in [0, 0.1) is 0 Å². The second kappa shape index (κ2) is 8.87. The number of nitrogens with two attached hydrogens (primary N) is 1. The minimum absolute atomic E-state index is 0.0146. The van der Waals surface area contributed by atoms with Gasteiger partial charge in [-0.05, 0) is 25.5 Å². The van der Waals surface area contributed by atoms with Crippen LogP contribution in [0.4, 0.5) is 4.79 Å². The van der Waals surface area contributed by atoms with E-state index in [0.717, 1.165) is 12.0 Å². The minimum atomic E-state index is -0.465. The van der Waals surface area contributed by atoms with Crippen molar-refractivity contribution in [1.29, 1.82) is 0 Å². The molecule has 0 fully saturated rings. The molecule has 1 aromatic rings. The Labute approximate surface area is 134 Å². The molecule has 0 spiro atoms. The smallest absolute Gasteiger partial charge is 0.321 e. The molecule has 0 saturated carbocycles. The molecule has 1 atom stereocenters. The first kappa shape index (κ1) is 17.8. The fourth-order valence-corrected chi connectivity index (χ4v) is 2.32. The minimum Gasteiger partial charge on any atom is -0.338 e. The molecule has 116 valence electrons. The number of urea groups is 1. The van der Waals surface area contributed by atoms with E-state index in [9.17, 15) is 9.59 Å². The summed E-state index contributed by atoms with van der Waals surface area (Å²) in [6, 6.07) is 4.77. The highest BCUT2D eigenvalue weighted by atomic mass is 35.5. The van der Waals surface area contributed by atoms with Gasteiger partial charge in [-0.3, -0.25) is 10.1 Å². The maximum absolute atomic E-state index is 11.6. The molecule has 21 heavy (non-hydrogen) atoms. The molecule has 0 heterocycles. The van der Waals surface area contributed by atoms with Gasteiger partial charge in [0, 0.05) is 17.1 Å². The predicted molar refractivity (Wildman–Crippen MR) is 83.5 cm³/mol. The topological polar surface area (TPSA) is 74.8 Å². The molecule has 0 aromatic heterocycles. The summed E-state index contributed by atoms with van der Waals surface area (Å²) in [4.78, 5) is 23.0. The zero-order valence-electron chi connectivity index (χ0n) is 12.1. The molecule has 3 amide bonds. The third-order valence-corrected chi connectivity index (χ3v) is 3.46. The largest absolute Gasteiger partial charge is 0.338 e. The van der Waals surface area contributed by atoms with Crippen LogP contribution in [-0.4, -0.2) is 25.0 Å². The first-order valence-corrected chi connectivity index (χ1v) is 7.55. The van der Waals surface area contributed by atoms with Gasteiger partial charge in [-0.15, -0.1) is 0 Å². The highest BCUT2D eigenvalue weighted by Crippen LogP contribution is 2.24. The van der Waals surface area contributed by atoms with E-state index in [1.54, 1.807) is 17.4 Å². The van der Waals surface area contributed by atoms with Gasteiger partial charge < -0.3 is 10.6 Å². The van der Waals surface area contributed by atoms with Crippen molar-refractivity contribution < 1.29 is 14.9 Å². The summed E-state index contributed by atoms with van der Waals surface area (Å²) in [5.41, 5.74) is 0.893. The second-order valence-corrected chi connectivity index (χ2v) is 5.54. The summed E-state index contributed by atoms with van der Waals surface area (Å²) >= 11 is 12.0. The molecular formula is C14H20Cl2N3O2+. The Kier molecular flexibility index (Phi) is 7.50. The summed E-state index contributed by atoms with van der Waals surface area (Å²) in [6.07, 6.45) is 0.819. The molecule has 7 heteroatoms. The van der Waals surface area contributed by atoms with Crippen LogP contribution in [0.5, 0.6) is 0 Å². The molecule has 0 saturated heterocycles. The lowest BCUT2D eigenvalue weighted by molar-refractivity contribution is -0.682. The van der Waals surface area contributed by atoms with Crippen molar-refractivity contribution in [2.24, 2.45) is 0 Å². The van der Waals surface area contributed by atoms with E-state index in [-0.39, 0.29) is 18.5 Å². The van der Waals surface area contributed by atoms with Gasteiger partial charge in [0.1, 0.15) is 6.04 Å². The monoisotopic (exact) mass is 332 g/mol. The third-order valence-electron chi connectivity index (χ3n) is 2.90. The number of imide groups is 1. The van der Waals surface area contributed by atoms with Crippen molar-refractivity contribution in [2.75, 3.05) is 13.1 Å². The van der Waals surface area contributed by atoms with Crippen LogP contribution in [0.25, 0.3) is 0 Å². The number of hydrogen-bond acceptors (Lipinski definition) is 2. The molecular weight excluding hydrogens is 313 g/mol. The average molecular weight is 333 g/mol. The first-order chi connectivity index (χ1) is 9.93. The molecule has 4 N–H and O–H groups in total. The van der Waals surface area contributed by atoms with Gasteiger partial charge in [-0.25, -0.2) is 4.79 Å². The van der Waals surface area contributed by atoms with Crippen LogP contribution in [0.1, 0.15) is 31.9 Å². The highest BCUT2D eigenvalue weighted by Gasteiger charge is 2.15. The standard InChI is InChI=1S/C14H19Cl2N3O2/c1-3-6-17-14(21)19-13(20)8-18-9(2)11-5-4-10(15)7-12(11)16/h4-5,7,9,18H,3,6,8H2,1-2H3,(H2,17,19,20,21)/p+1/t9-/m0/s1. The summed E-state index contributed by atoms with van der Waals surface area (Å²) in [5, 5.41) is 7.78. The number of amides is 3. The highest BCUT2D eigenvalue weighted by molar-refractivity contribution is 6.35. The SMILES string of the molecule is CCCNC(=O)NC(=O)C[NH2+][C@@H](C)c1ccc(Cl)cc1Cl. The Hall–Kier alpha value is -1.30. The zero-order chi connectivity index (χ0) is 15.8. The number of carbonyl (C=O) groups is 2. The number of nitrogens with one attached hydrogen (secondary N) is 2. The number of quaternary nitrogens is 1. The van der Waals surface area contributed by atoms with Crippen molar-refractivity contribution >= 4 is 35.1 Å². The molecule has 0 bridgehead atoms. The van der Waals surface area contributed by atoms with Gasteiger partial charge in [-0.1, -0.05) is 36.2 Å². The van der Waals surface area contributed by atoms with E-state index in [1.807, 2.05) is 19.9 Å². The van der Waals surface area contributed by atoms with Crippen molar-refractivity contribution in [3.8, 4) is 0 Å². The Morgan fingerprint density at radius 3 is 2.67 bits per heavy atom. The molecule has 0 aliphatic heterocycles. The predicted octanol–water partition coefficient (Wildman–Crippen LogP) is 1.85. The molecule has 0 aliphatic rings. The number of rotatable bonds is 6. The van der Waals surface area contributed by atoms with Crippen LogP contribution in [0.3, 0.4) is 0 Å².